The molecule has 0 spiro atoms. The van der Waals surface area contributed by atoms with E-state index in [4.69, 9.17) is 4.74 Å². The minimum Gasteiger partial charge on any atom is -0.507 e. The number of rotatable bonds is 5. The molecule has 0 aliphatic rings. The van der Waals surface area contributed by atoms with Gasteiger partial charge in [-0.15, -0.1) is 0 Å². The SMILES string of the molecule is COc1ccc(C(c2ccc(C(C)C)cc(=O)c2O)c2ccc3ccccc3c2O)cc1. The van der Waals surface area contributed by atoms with Crippen LogP contribution in [0.15, 0.2) is 83.7 Å². The van der Waals surface area contributed by atoms with Crippen molar-refractivity contribution in [2.45, 2.75) is 25.7 Å². The molecule has 0 saturated heterocycles. The molecular formula is C28H26O4. The molecule has 4 aromatic carbocycles. The largest absolute Gasteiger partial charge is 0.507 e. The van der Waals surface area contributed by atoms with Gasteiger partial charge in [0.2, 0.25) is 5.43 Å². The summed E-state index contributed by atoms with van der Waals surface area (Å²) in [5, 5.41) is 23.8. The molecule has 0 fully saturated rings. The van der Waals surface area contributed by atoms with Gasteiger partial charge in [-0.25, -0.2) is 0 Å². The van der Waals surface area contributed by atoms with Gasteiger partial charge in [0, 0.05) is 22.4 Å². The lowest BCUT2D eigenvalue weighted by Crippen LogP contribution is -2.07. The molecule has 2 N–H and O–H groups in total. The molecule has 0 aliphatic heterocycles. The lowest BCUT2D eigenvalue weighted by Gasteiger charge is -2.21. The van der Waals surface area contributed by atoms with Gasteiger partial charge in [-0.1, -0.05) is 74.5 Å². The van der Waals surface area contributed by atoms with Crippen LogP contribution in [0.1, 0.15) is 47.9 Å². The van der Waals surface area contributed by atoms with E-state index >= 15 is 0 Å². The van der Waals surface area contributed by atoms with Crippen LogP contribution in [0.3, 0.4) is 0 Å². The topological polar surface area (TPSA) is 66.8 Å². The van der Waals surface area contributed by atoms with Crippen molar-refractivity contribution in [3.05, 3.63) is 111 Å². The third-order valence-corrected chi connectivity index (χ3v) is 5.93. The zero-order valence-corrected chi connectivity index (χ0v) is 18.4. The van der Waals surface area contributed by atoms with Gasteiger partial charge >= 0.3 is 0 Å². The number of ether oxygens (including phenoxy) is 1. The predicted molar refractivity (Wildman–Crippen MR) is 128 cm³/mol. The summed E-state index contributed by atoms with van der Waals surface area (Å²) in [6, 6.07) is 24.0. The Hall–Kier alpha value is -3.79. The smallest absolute Gasteiger partial charge is 0.220 e. The normalized spacial score (nSPS) is 12.1. The van der Waals surface area contributed by atoms with Gasteiger partial charge in [-0.2, -0.15) is 0 Å². The average Bonchev–Trinajstić information content (AvgIpc) is 2.95. The van der Waals surface area contributed by atoms with Crippen molar-refractivity contribution < 1.29 is 14.9 Å². The summed E-state index contributed by atoms with van der Waals surface area (Å²) in [5.74, 6) is 0.0998. The molecule has 0 radical (unpaired) electrons. The van der Waals surface area contributed by atoms with Crippen molar-refractivity contribution >= 4 is 10.8 Å². The Morgan fingerprint density at radius 2 is 1.38 bits per heavy atom. The zero-order valence-electron chi connectivity index (χ0n) is 18.4. The lowest BCUT2D eigenvalue weighted by molar-refractivity contribution is 0.414. The molecule has 4 aromatic rings. The molecule has 32 heavy (non-hydrogen) atoms. The minimum atomic E-state index is -0.550. The summed E-state index contributed by atoms with van der Waals surface area (Å²) < 4.78 is 5.29. The molecule has 0 aliphatic carbocycles. The van der Waals surface area contributed by atoms with Crippen molar-refractivity contribution in [3.63, 3.8) is 0 Å². The molecule has 4 nitrogen and oxygen atoms in total. The number of hydrogen-bond donors (Lipinski definition) is 2. The van der Waals surface area contributed by atoms with Gasteiger partial charge in [0.05, 0.1) is 7.11 Å². The fourth-order valence-corrected chi connectivity index (χ4v) is 4.10. The lowest BCUT2D eigenvalue weighted by atomic mass is 9.83. The van der Waals surface area contributed by atoms with Crippen LogP contribution in [0.25, 0.3) is 10.8 Å². The molecule has 0 saturated carbocycles. The highest BCUT2D eigenvalue weighted by Crippen LogP contribution is 2.42. The molecule has 0 heterocycles. The fraction of sp³-hybridized carbons (Fsp3) is 0.179. The van der Waals surface area contributed by atoms with Crippen molar-refractivity contribution in [2.24, 2.45) is 0 Å². The van der Waals surface area contributed by atoms with Crippen LogP contribution in [-0.2, 0) is 0 Å². The van der Waals surface area contributed by atoms with Crippen LogP contribution in [0, 0.1) is 0 Å². The van der Waals surface area contributed by atoms with E-state index in [0.717, 1.165) is 16.5 Å². The van der Waals surface area contributed by atoms with Crippen LogP contribution in [0.4, 0.5) is 0 Å². The van der Waals surface area contributed by atoms with Crippen molar-refractivity contribution in [1.82, 2.24) is 0 Å². The first kappa shape index (κ1) is 21.4. The summed E-state index contributed by atoms with van der Waals surface area (Å²) in [5.41, 5.74) is 2.28. The molecule has 1 atom stereocenters. The molecule has 4 rings (SSSR count). The van der Waals surface area contributed by atoms with E-state index in [9.17, 15) is 15.0 Å². The number of phenols is 1. The number of hydrogen-bond acceptors (Lipinski definition) is 4. The van der Waals surface area contributed by atoms with Gasteiger partial charge in [0.15, 0.2) is 5.75 Å². The Kier molecular flexibility index (Phi) is 5.87. The Bertz CT molecular complexity index is 1320. The maximum atomic E-state index is 12.8. The molecular weight excluding hydrogens is 400 g/mol. The summed E-state index contributed by atoms with van der Waals surface area (Å²) in [7, 11) is 1.60. The first-order valence-corrected chi connectivity index (χ1v) is 10.6. The molecule has 162 valence electrons. The fourth-order valence-electron chi connectivity index (χ4n) is 4.10. The monoisotopic (exact) mass is 426 g/mol. The van der Waals surface area contributed by atoms with Crippen LogP contribution in [0.5, 0.6) is 17.2 Å². The Morgan fingerprint density at radius 1 is 0.750 bits per heavy atom. The highest BCUT2D eigenvalue weighted by molar-refractivity contribution is 5.89. The Labute approximate surface area is 187 Å². The molecule has 0 aromatic heterocycles. The van der Waals surface area contributed by atoms with Gasteiger partial charge in [0.1, 0.15) is 11.5 Å². The Morgan fingerprint density at radius 3 is 2.06 bits per heavy atom. The highest BCUT2D eigenvalue weighted by atomic mass is 16.5. The van der Waals surface area contributed by atoms with Crippen LogP contribution < -0.4 is 10.2 Å². The predicted octanol–water partition coefficient (Wildman–Crippen LogP) is 5.92. The second-order valence-electron chi connectivity index (χ2n) is 8.23. The first-order valence-electron chi connectivity index (χ1n) is 10.6. The second-order valence-corrected chi connectivity index (χ2v) is 8.23. The molecule has 0 bridgehead atoms. The summed E-state index contributed by atoms with van der Waals surface area (Å²) in [4.78, 5) is 12.8. The standard InChI is InChI=1S/C28H26O4/c1-17(2)20-11-15-24(28(31)25(29)16-20)26(19-8-12-21(32-3)13-9-19)23-14-10-18-6-4-5-7-22(18)27(23)30/h4-17,26,30H,1-3H3,(H,29,31). The van der Waals surface area contributed by atoms with Gasteiger partial charge in [0.25, 0.3) is 0 Å². The summed E-state index contributed by atoms with van der Waals surface area (Å²) in [6.07, 6.45) is 0. The Balaban J connectivity index is 2.02. The van der Waals surface area contributed by atoms with Crippen molar-refractivity contribution in [3.8, 4) is 17.2 Å². The molecule has 0 amide bonds. The zero-order chi connectivity index (χ0) is 22.8. The highest BCUT2D eigenvalue weighted by Gasteiger charge is 2.25. The number of phenolic OH excluding ortho intramolecular Hbond substituents is 1. The van der Waals surface area contributed by atoms with Crippen molar-refractivity contribution in [1.29, 1.82) is 0 Å². The van der Waals surface area contributed by atoms with E-state index in [2.05, 4.69) is 0 Å². The van der Waals surface area contributed by atoms with Gasteiger partial charge in [-0.3, -0.25) is 4.79 Å². The van der Waals surface area contributed by atoms with Crippen molar-refractivity contribution in [2.75, 3.05) is 7.11 Å². The van der Waals surface area contributed by atoms with Crippen LogP contribution in [-0.4, -0.2) is 17.3 Å². The van der Waals surface area contributed by atoms with Gasteiger partial charge < -0.3 is 14.9 Å². The molecule has 1 unspecified atom stereocenters. The second kappa shape index (κ2) is 8.75. The first-order chi connectivity index (χ1) is 15.4. The van der Waals surface area contributed by atoms with E-state index in [1.54, 1.807) is 13.2 Å². The minimum absolute atomic E-state index is 0.131. The van der Waals surface area contributed by atoms with E-state index in [1.165, 1.54) is 6.07 Å². The van der Waals surface area contributed by atoms with E-state index in [1.807, 2.05) is 80.6 Å². The average molecular weight is 427 g/mol. The molecule has 4 heteroatoms. The summed E-state index contributed by atoms with van der Waals surface area (Å²) in [6.45, 7) is 4.00. The quantitative estimate of drug-likeness (QED) is 0.415. The van der Waals surface area contributed by atoms with E-state index in [-0.39, 0.29) is 17.4 Å². The van der Waals surface area contributed by atoms with Gasteiger partial charge in [-0.05, 0) is 40.6 Å². The summed E-state index contributed by atoms with van der Waals surface area (Å²) >= 11 is 0. The number of benzene rings is 3. The number of aromatic hydroxyl groups is 2. The number of fused-ring (bicyclic) bond motifs is 1. The van der Waals surface area contributed by atoms with E-state index in [0.29, 0.717) is 22.3 Å². The van der Waals surface area contributed by atoms with E-state index < -0.39 is 11.3 Å². The van der Waals surface area contributed by atoms with Crippen LogP contribution in [0.2, 0.25) is 0 Å². The maximum absolute atomic E-state index is 12.8. The third-order valence-electron chi connectivity index (χ3n) is 5.93. The maximum Gasteiger partial charge on any atom is 0.220 e. The number of methoxy groups -OCH3 is 1. The van der Waals surface area contributed by atoms with Crippen LogP contribution >= 0.6 is 0 Å². The third kappa shape index (κ3) is 3.92.